The number of hydrogen-bond donors (Lipinski definition) is 1. The topological polar surface area (TPSA) is 104 Å². The molecule has 39 heavy (non-hydrogen) atoms. The quantitative estimate of drug-likeness (QED) is 0.565. The largest absolute Gasteiger partial charge is 0.370 e. The van der Waals surface area contributed by atoms with Gasteiger partial charge in [-0.3, -0.25) is 14.5 Å². The van der Waals surface area contributed by atoms with Crippen LogP contribution in [0.4, 0.5) is 4.39 Å². The average Bonchev–Trinajstić information content (AvgIpc) is 2.90. The van der Waals surface area contributed by atoms with Crippen LogP contribution < -0.4 is 5.73 Å². The first kappa shape index (κ1) is 27.7. The Hall–Kier alpha value is -2.82. The van der Waals surface area contributed by atoms with Crippen molar-refractivity contribution in [1.29, 1.82) is 0 Å². The Morgan fingerprint density at radius 2 is 1.74 bits per heavy atom. The summed E-state index contributed by atoms with van der Waals surface area (Å²) in [5.74, 6) is -1.10. The van der Waals surface area contributed by atoms with Crippen LogP contribution >= 0.6 is 0 Å². The van der Waals surface area contributed by atoms with Gasteiger partial charge < -0.3 is 10.6 Å². The molecular formula is C29H37FN4O4S. The molecule has 0 spiro atoms. The molecular weight excluding hydrogens is 519 g/mol. The zero-order valence-corrected chi connectivity index (χ0v) is 23.2. The molecule has 2 heterocycles. The van der Waals surface area contributed by atoms with Gasteiger partial charge >= 0.3 is 0 Å². The number of aryl methyl sites for hydroxylation is 2. The molecule has 0 radical (unpaired) electrons. The first-order valence-electron chi connectivity index (χ1n) is 13.8. The van der Waals surface area contributed by atoms with Crippen LogP contribution in [0.2, 0.25) is 0 Å². The molecule has 8 nitrogen and oxygen atoms in total. The third-order valence-corrected chi connectivity index (χ3v) is 10.2. The lowest BCUT2D eigenvalue weighted by Gasteiger charge is -2.44. The molecule has 2 atom stereocenters. The summed E-state index contributed by atoms with van der Waals surface area (Å²) in [5.41, 5.74) is 9.87. The fourth-order valence-electron chi connectivity index (χ4n) is 6.19. The van der Waals surface area contributed by atoms with E-state index in [-0.39, 0.29) is 36.4 Å². The van der Waals surface area contributed by atoms with E-state index in [1.165, 1.54) is 23.3 Å². The normalized spacial score (nSPS) is 23.5. The molecule has 0 saturated carbocycles. The minimum Gasteiger partial charge on any atom is -0.370 e. The number of carbonyl (C=O) groups is 2. The van der Waals surface area contributed by atoms with E-state index < -0.39 is 28.1 Å². The van der Waals surface area contributed by atoms with Crippen LogP contribution in [0.3, 0.4) is 0 Å². The van der Waals surface area contributed by atoms with E-state index in [0.29, 0.717) is 12.8 Å². The van der Waals surface area contributed by atoms with Crippen molar-refractivity contribution >= 4 is 21.8 Å². The summed E-state index contributed by atoms with van der Waals surface area (Å²) in [4.78, 5) is 29.9. The molecule has 0 aromatic heterocycles. The van der Waals surface area contributed by atoms with Gasteiger partial charge in [0.1, 0.15) is 12.2 Å². The smallest absolute Gasteiger partial charge is 0.243 e. The van der Waals surface area contributed by atoms with Crippen LogP contribution in [-0.4, -0.2) is 72.7 Å². The van der Waals surface area contributed by atoms with Gasteiger partial charge in [-0.15, -0.1) is 0 Å². The van der Waals surface area contributed by atoms with Crippen molar-refractivity contribution in [2.75, 3.05) is 26.2 Å². The molecule has 2 aromatic carbocycles. The number of nitrogens with two attached hydrogens (primary N) is 1. The first-order valence-corrected chi connectivity index (χ1v) is 15.2. The van der Waals surface area contributed by atoms with E-state index in [1.807, 2.05) is 6.92 Å². The number of likely N-dealkylation sites (tertiary alicyclic amines) is 1. The number of sulfonamides is 1. The predicted molar refractivity (Wildman–Crippen MR) is 146 cm³/mol. The Balaban J connectivity index is 1.37. The fourth-order valence-corrected chi connectivity index (χ4v) is 7.76. The van der Waals surface area contributed by atoms with Crippen molar-refractivity contribution in [2.24, 2.45) is 5.73 Å². The van der Waals surface area contributed by atoms with Gasteiger partial charge in [0.15, 0.2) is 0 Å². The van der Waals surface area contributed by atoms with Gasteiger partial charge in [0.2, 0.25) is 21.8 Å². The summed E-state index contributed by atoms with van der Waals surface area (Å²) >= 11 is 0. The van der Waals surface area contributed by atoms with E-state index in [0.717, 1.165) is 54.3 Å². The molecule has 5 rings (SSSR count). The number of carbonyl (C=O) groups excluding carboxylic acids is 2. The van der Waals surface area contributed by atoms with E-state index in [1.54, 1.807) is 17.0 Å². The van der Waals surface area contributed by atoms with Crippen molar-refractivity contribution in [3.05, 3.63) is 64.7 Å². The van der Waals surface area contributed by atoms with Crippen molar-refractivity contribution in [3.8, 4) is 0 Å². The molecule has 2 fully saturated rings. The molecule has 2 aromatic rings. The van der Waals surface area contributed by atoms with Crippen molar-refractivity contribution in [3.63, 3.8) is 0 Å². The second-order valence-corrected chi connectivity index (χ2v) is 12.9. The van der Waals surface area contributed by atoms with Crippen LogP contribution in [0, 0.1) is 6.92 Å². The van der Waals surface area contributed by atoms with Crippen LogP contribution in [0.5, 0.6) is 0 Å². The highest BCUT2D eigenvalue weighted by Gasteiger charge is 2.45. The second kappa shape index (κ2) is 11.3. The Bertz CT molecular complexity index is 1330. The molecule has 2 amide bonds. The number of hydrogen-bond acceptors (Lipinski definition) is 5. The second-order valence-electron chi connectivity index (χ2n) is 11.0. The summed E-state index contributed by atoms with van der Waals surface area (Å²) in [7, 11) is -3.99. The van der Waals surface area contributed by atoms with Crippen molar-refractivity contribution < 1.29 is 22.4 Å². The molecule has 210 valence electrons. The number of amides is 2. The van der Waals surface area contributed by atoms with E-state index >= 15 is 0 Å². The zero-order chi connectivity index (χ0) is 27.7. The SMILES string of the molecule is Cc1ccc(S(=O)(=O)N2CCN([C@@H]3CCCc4cc(CN5CCC(F)CC5)ccc43)C(=O)C2CC(N)=O)cc1. The number of rotatable bonds is 7. The minimum absolute atomic E-state index is 0.0916. The van der Waals surface area contributed by atoms with Gasteiger partial charge in [-0.2, -0.15) is 4.31 Å². The summed E-state index contributed by atoms with van der Waals surface area (Å²) in [6.07, 6.45) is 2.68. The van der Waals surface area contributed by atoms with E-state index in [9.17, 15) is 22.4 Å². The standard InChI is InChI=1S/C29H37FN4O4S/c1-20-5-8-24(9-6-20)39(37,38)34-16-15-33(29(36)27(34)18-28(31)35)26-4-2-3-22-17-21(7-10-25(22)26)19-32-13-11-23(30)12-14-32/h5-10,17,23,26-27H,2-4,11-16,18-19H2,1H3,(H2,31,35)/t26-,27?/m1/s1. The number of alkyl halides is 1. The summed E-state index contributed by atoms with van der Waals surface area (Å²) in [6.45, 7) is 4.49. The van der Waals surface area contributed by atoms with Gasteiger partial charge in [-0.1, -0.05) is 35.9 Å². The van der Waals surface area contributed by atoms with Gasteiger partial charge in [0.25, 0.3) is 0 Å². The Morgan fingerprint density at radius 1 is 1.03 bits per heavy atom. The highest BCUT2D eigenvalue weighted by Crippen LogP contribution is 2.38. The van der Waals surface area contributed by atoms with E-state index in [4.69, 9.17) is 5.73 Å². The number of nitrogens with zero attached hydrogens (tertiary/aromatic N) is 3. The van der Waals surface area contributed by atoms with Crippen LogP contribution in [0.25, 0.3) is 0 Å². The Morgan fingerprint density at radius 3 is 2.44 bits per heavy atom. The maximum Gasteiger partial charge on any atom is 0.243 e. The lowest BCUT2D eigenvalue weighted by atomic mass is 9.85. The Kier molecular flexibility index (Phi) is 8.07. The first-order chi connectivity index (χ1) is 18.6. The van der Waals surface area contributed by atoms with Crippen molar-refractivity contribution in [2.45, 2.75) is 75.1 Å². The third kappa shape index (κ3) is 5.88. The van der Waals surface area contributed by atoms with Gasteiger partial charge in [-0.05, 0) is 67.9 Å². The molecule has 2 aliphatic heterocycles. The molecule has 0 bridgehead atoms. The lowest BCUT2D eigenvalue weighted by molar-refractivity contribution is -0.144. The van der Waals surface area contributed by atoms with Crippen LogP contribution in [0.15, 0.2) is 47.4 Å². The highest BCUT2D eigenvalue weighted by atomic mass is 32.2. The summed E-state index contributed by atoms with van der Waals surface area (Å²) in [5, 5.41) is 0. The molecule has 10 heteroatoms. The maximum atomic E-state index is 13.8. The Labute approximate surface area is 230 Å². The zero-order valence-electron chi connectivity index (χ0n) is 22.4. The molecule has 2 N–H and O–H groups in total. The third-order valence-electron chi connectivity index (χ3n) is 8.29. The molecule has 1 aliphatic carbocycles. The van der Waals surface area contributed by atoms with Crippen molar-refractivity contribution in [1.82, 2.24) is 14.1 Å². The number of benzene rings is 2. The maximum absolute atomic E-state index is 13.8. The van der Waals surface area contributed by atoms with Crippen LogP contribution in [0.1, 0.15) is 60.4 Å². The number of piperidine rings is 1. The minimum atomic E-state index is -3.99. The van der Waals surface area contributed by atoms with Gasteiger partial charge in [-0.25, -0.2) is 12.8 Å². The monoisotopic (exact) mass is 556 g/mol. The van der Waals surface area contributed by atoms with Gasteiger partial charge in [0.05, 0.1) is 17.4 Å². The number of fused-ring (bicyclic) bond motifs is 1. The predicted octanol–water partition coefficient (Wildman–Crippen LogP) is 3.08. The van der Waals surface area contributed by atoms with Crippen LogP contribution in [-0.2, 0) is 32.6 Å². The number of halogens is 1. The highest BCUT2D eigenvalue weighted by molar-refractivity contribution is 7.89. The average molecular weight is 557 g/mol. The summed E-state index contributed by atoms with van der Waals surface area (Å²) in [6, 6.07) is 11.5. The fraction of sp³-hybridized carbons (Fsp3) is 0.517. The summed E-state index contributed by atoms with van der Waals surface area (Å²) < 4.78 is 41.7. The lowest BCUT2D eigenvalue weighted by Crippen LogP contribution is -2.60. The van der Waals surface area contributed by atoms with E-state index in [2.05, 4.69) is 23.1 Å². The molecule has 3 aliphatic rings. The molecule has 2 saturated heterocycles. The molecule has 1 unspecified atom stereocenters. The van der Waals surface area contributed by atoms with Gasteiger partial charge in [0, 0.05) is 32.7 Å². The number of primary amides is 1. The number of piperazine rings is 1.